The third-order valence-electron chi connectivity index (χ3n) is 3.85. The lowest BCUT2D eigenvalue weighted by Crippen LogP contribution is -2.09. The van der Waals surface area contributed by atoms with Crippen LogP contribution in [0.25, 0.3) is 0 Å². The van der Waals surface area contributed by atoms with E-state index in [1.54, 1.807) is 7.11 Å². The molecule has 1 aromatic carbocycles. The molecule has 1 aliphatic carbocycles. The molecule has 0 aliphatic heterocycles. The summed E-state index contributed by atoms with van der Waals surface area (Å²) in [6, 6.07) is 7.88. The van der Waals surface area contributed by atoms with Gasteiger partial charge >= 0.3 is 0 Å². The summed E-state index contributed by atoms with van der Waals surface area (Å²) in [5, 5.41) is 9.01. The third kappa shape index (κ3) is 2.27. The average molecular weight is 267 g/mol. The van der Waals surface area contributed by atoms with E-state index in [4.69, 9.17) is 10.00 Å². The lowest BCUT2D eigenvalue weighted by atomic mass is 10.0. The molecule has 0 unspecified atom stereocenters. The molecule has 3 rings (SSSR count). The van der Waals surface area contributed by atoms with E-state index in [2.05, 4.69) is 15.6 Å². The second kappa shape index (κ2) is 5.38. The standard InChI is InChI=1S/C16H17N3O/c1-20-16-8-12(6-7-13(16)9-17)10-19-11-18-14-4-2-3-5-15(14)19/h6-8,11H,2-5,10H2,1H3. The maximum Gasteiger partial charge on any atom is 0.136 e. The first-order chi connectivity index (χ1) is 9.81. The van der Waals surface area contributed by atoms with Crippen molar-refractivity contribution in [2.24, 2.45) is 0 Å². The van der Waals surface area contributed by atoms with E-state index >= 15 is 0 Å². The second-order valence-corrected chi connectivity index (χ2v) is 5.12. The Hall–Kier alpha value is -2.28. The van der Waals surface area contributed by atoms with Gasteiger partial charge in [0.2, 0.25) is 0 Å². The van der Waals surface area contributed by atoms with E-state index in [1.165, 1.54) is 24.2 Å². The number of aryl methyl sites for hydroxylation is 1. The summed E-state index contributed by atoms with van der Waals surface area (Å²) in [5.74, 6) is 0.638. The van der Waals surface area contributed by atoms with Crippen LogP contribution in [0.15, 0.2) is 24.5 Å². The number of hydrogen-bond acceptors (Lipinski definition) is 3. The van der Waals surface area contributed by atoms with Crippen molar-refractivity contribution in [1.82, 2.24) is 9.55 Å². The highest BCUT2D eigenvalue weighted by Gasteiger charge is 2.15. The molecule has 1 heterocycles. The van der Waals surface area contributed by atoms with Crippen LogP contribution in [0.2, 0.25) is 0 Å². The molecule has 0 N–H and O–H groups in total. The van der Waals surface area contributed by atoms with Crippen LogP contribution in [0, 0.1) is 11.3 Å². The SMILES string of the molecule is COc1cc(Cn2cnc3c2CCCC3)ccc1C#N. The fourth-order valence-electron chi connectivity index (χ4n) is 2.79. The molecule has 4 heteroatoms. The van der Waals surface area contributed by atoms with Gasteiger partial charge in [-0.1, -0.05) is 6.07 Å². The molecule has 1 aliphatic rings. The van der Waals surface area contributed by atoms with Crippen LogP contribution in [0.3, 0.4) is 0 Å². The minimum atomic E-state index is 0.573. The summed E-state index contributed by atoms with van der Waals surface area (Å²) in [7, 11) is 1.60. The number of benzene rings is 1. The molecule has 0 spiro atoms. The van der Waals surface area contributed by atoms with Crippen molar-refractivity contribution >= 4 is 0 Å². The molecule has 0 fully saturated rings. The molecule has 0 amide bonds. The van der Waals surface area contributed by atoms with E-state index in [0.29, 0.717) is 11.3 Å². The van der Waals surface area contributed by atoms with Crippen molar-refractivity contribution in [3.05, 3.63) is 47.0 Å². The molecule has 0 saturated carbocycles. The molecule has 0 atom stereocenters. The van der Waals surface area contributed by atoms with Crippen LogP contribution in [0.1, 0.15) is 35.4 Å². The van der Waals surface area contributed by atoms with Crippen LogP contribution in [-0.2, 0) is 19.4 Å². The van der Waals surface area contributed by atoms with Crippen LogP contribution in [0.4, 0.5) is 0 Å². The first kappa shape index (κ1) is 12.7. The van der Waals surface area contributed by atoms with E-state index in [1.807, 2.05) is 24.5 Å². The number of imidazole rings is 1. The highest BCUT2D eigenvalue weighted by atomic mass is 16.5. The third-order valence-corrected chi connectivity index (χ3v) is 3.85. The lowest BCUT2D eigenvalue weighted by Gasteiger charge is -2.14. The first-order valence-electron chi connectivity index (χ1n) is 6.91. The maximum atomic E-state index is 9.01. The van der Waals surface area contributed by atoms with Gasteiger partial charge in [0.15, 0.2) is 0 Å². The van der Waals surface area contributed by atoms with Gasteiger partial charge < -0.3 is 9.30 Å². The maximum absolute atomic E-state index is 9.01. The molecule has 102 valence electrons. The molecule has 2 aromatic rings. The van der Waals surface area contributed by atoms with Crippen LogP contribution in [-0.4, -0.2) is 16.7 Å². The Kier molecular flexibility index (Phi) is 3.42. The van der Waals surface area contributed by atoms with Crippen molar-refractivity contribution in [3.63, 3.8) is 0 Å². The number of hydrogen-bond donors (Lipinski definition) is 0. The van der Waals surface area contributed by atoms with E-state index in [-0.39, 0.29) is 0 Å². The molecule has 0 bridgehead atoms. The van der Waals surface area contributed by atoms with Crippen LogP contribution >= 0.6 is 0 Å². The summed E-state index contributed by atoms with van der Waals surface area (Å²) in [6.45, 7) is 0.782. The zero-order valence-corrected chi connectivity index (χ0v) is 11.6. The predicted octanol–water partition coefficient (Wildman–Crippen LogP) is 2.69. The van der Waals surface area contributed by atoms with Crippen molar-refractivity contribution in [2.75, 3.05) is 7.11 Å². The lowest BCUT2D eigenvalue weighted by molar-refractivity contribution is 0.412. The van der Waals surface area contributed by atoms with Gasteiger partial charge in [-0.3, -0.25) is 0 Å². The van der Waals surface area contributed by atoms with Gasteiger partial charge in [0.1, 0.15) is 11.8 Å². The number of rotatable bonds is 3. The van der Waals surface area contributed by atoms with Gasteiger partial charge in [-0.2, -0.15) is 5.26 Å². The van der Waals surface area contributed by atoms with Gasteiger partial charge in [-0.25, -0.2) is 4.98 Å². The minimum Gasteiger partial charge on any atom is -0.495 e. The topological polar surface area (TPSA) is 50.8 Å². The molecule has 1 aromatic heterocycles. The van der Waals surface area contributed by atoms with Crippen molar-refractivity contribution < 1.29 is 4.74 Å². The van der Waals surface area contributed by atoms with Crippen LogP contribution < -0.4 is 4.74 Å². The number of methoxy groups -OCH3 is 1. The highest BCUT2D eigenvalue weighted by Crippen LogP contribution is 2.23. The molecule has 0 radical (unpaired) electrons. The number of nitriles is 1. The zero-order chi connectivity index (χ0) is 13.9. The predicted molar refractivity (Wildman–Crippen MR) is 75.7 cm³/mol. The van der Waals surface area contributed by atoms with E-state index < -0.39 is 0 Å². The molecule has 4 nitrogen and oxygen atoms in total. The van der Waals surface area contributed by atoms with Crippen molar-refractivity contribution in [1.29, 1.82) is 5.26 Å². The van der Waals surface area contributed by atoms with Crippen molar-refractivity contribution in [2.45, 2.75) is 32.2 Å². The Morgan fingerprint density at radius 1 is 1.35 bits per heavy atom. The van der Waals surface area contributed by atoms with Crippen LogP contribution in [0.5, 0.6) is 5.75 Å². The Balaban J connectivity index is 1.88. The zero-order valence-electron chi connectivity index (χ0n) is 11.6. The molecule has 0 saturated heterocycles. The first-order valence-corrected chi connectivity index (χ1v) is 6.91. The molecule has 20 heavy (non-hydrogen) atoms. The molecular weight excluding hydrogens is 250 g/mol. The monoisotopic (exact) mass is 267 g/mol. The Morgan fingerprint density at radius 2 is 2.20 bits per heavy atom. The number of fused-ring (bicyclic) bond motifs is 1. The number of nitrogens with zero attached hydrogens (tertiary/aromatic N) is 3. The van der Waals surface area contributed by atoms with E-state index in [9.17, 15) is 0 Å². The van der Waals surface area contributed by atoms with Crippen molar-refractivity contribution in [3.8, 4) is 11.8 Å². The quantitative estimate of drug-likeness (QED) is 0.859. The number of ether oxygens (including phenoxy) is 1. The fourth-order valence-corrected chi connectivity index (χ4v) is 2.79. The minimum absolute atomic E-state index is 0.573. The van der Waals surface area contributed by atoms with Gasteiger partial charge in [0.25, 0.3) is 0 Å². The summed E-state index contributed by atoms with van der Waals surface area (Å²) >= 11 is 0. The van der Waals surface area contributed by atoms with E-state index in [0.717, 1.165) is 24.9 Å². The Labute approximate surface area is 118 Å². The second-order valence-electron chi connectivity index (χ2n) is 5.12. The van der Waals surface area contributed by atoms with Gasteiger partial charge in [-0.05, 0) is 43.4 Å². The molecular formula is C16H17N3O. The van der Waals surface area contributed by atoms with Gasteiger partial charge in [-0.15, -0.1) is 0 Å². The number of aromatic nitrogens is 2. The largest absolute Gasteiger partial charge is 0.495 e. The summed E-state index contributed by atoms with van der Waals surface area (Å²) in [6.07, 6.45) is 6.63. The summed E-state index contributed by atoms with van der Waals surface area (Å²) < 4.78 is 7.48. The van der Waals surface area contributed by atoms with Gasteiger partial charge in [0.05, 0.1) is 24.7 Å². The Morgan fingerprint density at radius 3 is 3.00 bits per heavy atom. The average Bonchev–Trinajstić information content (AvgIpc) is 2.90. The summed E-state index contributed by atoms with van der Waals surface area (Å²) in [5.41, 5.74) is 4.31. The Bertz CT molecular complexity index is 667. The normalized spacial score (nSPS) is 13.6. The highest BCUT2D eigenvalue weighted by molar-refractivity contribution is 5.45. The smallest absolute Gasteiger partial charge is 0.136 e. The summed E-state index contributed by atoms with van der Waals surface area (Å²) in [4.78, 5) is 4.51. The fraction of sp³-hybridized carbons (Fsp3) is 0.375. The van der Waals surface area contributed by atoms with Gasteiger partial charge in [0, 0.05) is 12.2 Å².